The molecule has 0 saturated carbocycles. The fourth-order valence-electron chi connectivity index (χ4n) is 3.88. The van der Waals surface area contributed by atoms with Gasteiger partial charge in [-0.05, 0) is 40.9 Å². The summed E-state index contributed by atoms with van der Waals surface area (Å²) in [6.45, 7) is 0.633. The molecular formula is C21H17N3O2S2. The Morgan fingerprint density at radius 2 is 1.89 bits per heavy atom. The highest BCUT2D eigenvalue weighted by Gasteiger charge is 2.35. The van der Waals surface area contributed by atoms with Gasteiger partial charge in [-0.2, -0.15) is 5.10 Å². The number of aryl methyl sites for hydroxylation is 1. The van der Waals surface area contributed by atoms with Gasteiger partial charge < -0.3 is 4.90 Å². The zero-order valence-corrected chi connectivity index (χ0v) is 16.8. The topological polar surface area (TPSA) is 55.2 Å². The number of amides is 1. The summed E-state index contributed by atoms with van der Waals surface area (Å²) in [6, 6.07) is 13.3. The molecular weight excluding hydrogens is 390 g/mol. The zero-order chi connectivity index (χ0) is 19.3. The molecule has 0 radical (unpaired) electrons. The van der Waals surface area contributed by atoms with Gasteiger partial charge in [0.2, 0.25) is 0 Å². The SMILES string of the molecule is Cn1nc(C(=O)N2CCc3sccc3C2c2cccs2)c2ccccc2c1=O. The Balaban J connectivity index is 1.67. The van der Waals surface area contributed by atoms with Crippen molar-refractivity contribution in [3.63, 3.8) is 0 Å². The largest absolute Gasteiger partial charge is 0.325 e. The van der Waals surface area contributed by atoms with Crippen LogP contribution in [0.1, 0.15) is 31.8 Å². The van der Waals surface area contributed by atoms with Crippen molar-refractivity contribution in [2.45, 2.75) is 12.5 Å². The molecule has 7 heteroatoms. The second-order valence-corrected chi connectivity index (χ2v) is 8.77. The van der Waals surface area contributed by atoms with Crippen molar-refractivity contribution in [3.05, 3.63) is 84.6 Å². The summed E-state index contributed by atoms with van der Waals surface area (Å²) < 4.78 is 1.26. The summed E-state index contributed by atoms with van der Waals surface area (Å²) in [5.41, 5.74) is 1.33. The van der Waals surface area contributed by atoms with E-state index in [2.05, 4.69) is 22.6 Å². The molecule has 0 aliphatic carbocycles. The normalized spacial score (nSPS) is 16.3. The van der Waals surface area contributed by atoms with Gasteiger partial charge in [-0.25, -0.2) is 4.68 Å². The van der Waals surface area contributed by atoms with E-state index in [0.29, 0.717) is 23.0 Å². The maximum absolute atomic E-state index is 13.7. The van der Waals surface area contributed by atoms with Crippen LogP contribution < -0.4 is 5.56 Å². The average molecular weight is 408 g/mol. The van der Waals surface area contributed by atoms with E-state index in [1.54, 1.807) is 41.9 Å². The summed E-state index contributed by atoms with van der Waals surface area (Å²) in [6.07, 6.45) is 0.838. The highest BCUT2D eigenvalue weighted by atomic mass is 32.1. The molecule has 1 aliphatic rings. The molecule has 1 aromatic carbocycles. The van der Waals surface area contributed by atoms with E-state index in [1.165, 1.54) is 15.1 Å². The van der Waals surface area contributed by atoms with Crippen molar-refractivity contribution in [1.82, 2.24) is 14.7 Å². The molecule has 1 atom stereocenters. The number of carbonyl (C=O) groups is 1. The predicted octanol–water partition coefficient (Wildman–Crippen LogP) is 3.84. The molecule has 0 saturated heterocycles. The summed E-state index contributed by atoms with van der Waals surface area (Å²) in [5.74, 6) is -0.137. The van der Waals surface area contributed by atoms with Crippen LogP contribution in [0.3, 0.4) is 0 Å². The fourth-order valence-corrected chi connectivity index (χ4v) is 5.64. The molecule has 1 unspecified atom stereocenters. The molecule has 0 bridgehead atoms. The minimum Gasteiger partial charge on any atom is -0.325 e. The highest BCUT2D eigenvalue weighted by Crippen LogP contribution is 2.40. The van der Waals surface area contributed by atoms with Gasteiger partial charge in [0.25, 0.3) is 11.5 Å². The van der Waals surface area contributed by atoms with Gasteiger partial charge in [0.1, 0.15) is 0 Å². The predicted molar refractivity (Wildman–Crippen MR) is 112 cm³/mol. The lowest BCUT2D eigenvalue weighted by Crippen LogP contribution is -2.41. The van der Waals surface area contributed by atoms with Crippen molar-refractivity contribution in [2.75, 3.05) is 6.54 Å². The Morgan fingerprint density at radius 1 is 1.07 bits per heavy atom. The Bertz CT molecular complexity index is 1240. The molecule has 140 valence electrons. The number of fused-ring (bicyclic) bond motifs is 2. The lowest BCUT2D eigenvalue weighted by molar-refractivity contribution is 0.0692. The third-order valence-electron chi connectivity index (χ3n) is 5.20. The number of thiophene rings is 2. The first kappa shape index (κ1) is 17.3. The van der Waals surface area contributed by atoms with Crippen molar-refractivity contribution in [3.8, 4) is 0 Å². The lowest BCUT2D eigenvalue weighted by atomic mass is 9.97. The van der Waals surface area contributed by atoms with E-state index < -0.39 is 0 Å². The lowest BCUT2D eigenvalue weighted by Gasteiger charge is -2.35. The van der Waals surface area contributed by atoms with Crippen LogP contribution in [0.2, 0.25) is 0 Å². The fraction of sp³-hybridized carbons (Fsp3) is 0.190. The van der Waals surface area contributed by atoms with E-state index in [1.807, 2.05) is 28.5 Å². The van der Waals surface area contributed by atoms with E-state index in [9.17, 15) is 9.59 Å². The second kappa shape index (κ2) is 6.68. The molecule has 3 aromatic heterocycles. The molecule has 0 spiro atoms. The Morgan fingerprint density at radius 3 is 2.68 bits per heavy atom. The van der Waals surface area contributed by atoms with Crippen LogP contribution in [0.5, 0.6) is 0 Å². The van der Waals surface area contributed by atoms with E-state index in [-0.39, 0.29) is 17.5 Å². The summed E-state index contributed by atoms with van der Waals surface area (Å²) >= 11 is 3.41. The number of rotatable bonds is 2. The van der Waals surface area contributed by atoms with Crippen molar-refractivity contribution in [1.29, 1.82) is 0 Å². The quantitative estimate of drug-likeness (QED) is 0.507. The van der Waals surface area contributed by atoms with Crippen LogP contribution in [0.25, 0.3) is 10.8 Å². The molecule has 1 amide bonds. The number of aromatic nitrogens is 2. The minimum absolute atomic E-state index is 0.111. The van der Waals surface area contributed by atoms with Crippen molar-refractivity contribution in [2.24, 2.45) is 7.05 Å². The smallest absolute Gasteiger partial charge is 0.275 e. The molecule has 0 N–H and O–H groups in total. The van der Waals surface area contributed by atoms with Crippen molar-refractivity contribution < 1.29 is 4.79 Å². The number of carbonyl (C=O) groups excluding carboxylic acids is 1. The van der Waals surface area contributed by atoms with Gasteiger partial charge in [-0.15, -0.1) is 22.7 Å². The third kappa shape index (κ3) is 2.62. The molecule has 5 rings (SSSR count). The third-order valence-corrected chi connectivity index (χ3v) is 7.12. The van der Waals surface area contributed by atoms with Crippen LogP contribution in [-0.2, 0) is 13.5 Å². The molecule has 28 heavy (non-hydrogen) atoms. The number of hydrogen-bond donors (Lipinski definition) is 0. The first-order valence-corrected chi connectivity index (χ1v) is 10.8. The Hall–Kier alpha value is -2.77. The number of hydrogen-bond acceptors (Lipinski definition) is 5. The van der Waals surface area contributed by atoms with Gasteiger partial charge in [0.15, 0.2) is 5.69 Å². The van der Waals surface area contributed by atoms with Gasteiger partial charge in [-0.3, -0.25) is 9.59 Å². The standard InChI is InChI=1S/C21H17N3O2S2/c1-23-20(25)14-6-3-2-5-13(14)18(22-23)21(26)24-10-8-16-15(9-12-28-16)19(24)17-7-4-11-27-17/h2-7,9,11-12,19H,8,10H2,1H3. The monoisotopic (exact) mass is 407 g/mol. The van der Waals surface area contributed by atoms with Gasteiger partial charge >= 0.3 is 0 Å². The van der Waals surface area contributed by atoms with E-state index in [4.69, 9.17) is 0 Å². The van der Waals surface area contributed by atoms with Gasteiger partial charge in [0.05, 0.1) is 11.4 Å². The van der Waals surface area contributed by atoms with Crippen LogP contribution in [0, 0.1) is 0 Å². The molecule has 4 heterocycles. The summed E-state index contributed by atoms with van der Waals surface area (Å²) in [7, 11) is 1.59. The van der Waals surface area contributed by atoms with Crippen molar-refractivity contribution >= 4 is 39.4 Å². The average Bonchev–Trinajstić information content (AvgIpc) is 3.41. The van der Waals surface area contributed by atoms with Crippen LogP contribution in [0.15, 0.2) is 58.0 Å². The second-order valence-electron chi connectivity index (χ2n) is 6.79. The molecule has 1 aliphatic heterocycles. The molecule has 0 fully saturated rings. The maximum atomic E-state index is 13.7. The molecule has 4 aromatic rings. The van der Waals surface area contributed by atoms with Crippen LogP contribution >= 0.6 is 22.7 Å². The first-order valence-electron chi connectivity index (χ1n) is 9.02. The minimum atomic E-state index is -0.194. The van der Waals surface area contributed by atoms with Gasteiger partial charge in [-0.1, -0.05) is 24.3 Å². The van der Waals surface area contributed by atoms with Gasteiger partial charge in [0, 0.05) is 28.7 Å². The van der Waals surface area contributed by atoms with E-state index >= 15 is 0 Å². The molecule has 5 nitrogen and oxygen atoms in total. The van der Waals surface area contributed by atoms with E-state index in [0.717, 1.165) is 11.3 Å². The zero-order valence-electron chi connectivity index (χ0n) is 15.2. The van der Waals surface area contributed by atoms with Crippen LogP contribution in [0.4, 0.5) is 0 Å². The summed E-state index contributed by atoms with van der Waals surface area (Å²) in [4.78, 5) is 30.5. The summed E-state index contributed by atoms with van der Waals surface area (Å²) in [5, 5.41) is 9.62. The Kier molecular flexibility index (Phi) is 4.14. The number of benzene rings is 1. The first-order chi connectivity index (χ1) is 13.6. The van der Waals surface area contributed by atoms with Crippen LogP contribution in [-0.4, -0.2) is 27.1 Å². The number of nitrogens with zero attached hydrogens (tertiary/aromatic N) is 3. The Labute approximate surface area is 169 Å². The maximum Gasteiger partial charge on any atom is 0.275 e. The highest BCUT2D eigenvalue weighted by molar-refractivity contribution is 7.10.